The molecule has 0 saturated heterocycles. The summed E-state index contributed by atoms with van der Waals surface area (Å²) in [6, 6.07) is 7.57. The predicted octanol–water partition coefficient (Wildman–Crippen LogP) is 3.75. The number of aromatic nitrogens is 1. The maximum Gasteiger partial charge on any atom is 0.312 e. The quantitative estimate of drug-likeness (QED) is 0.482. The van der Waals surface area contributed by atoms with Gasteiger partial charge in [0.05, 0.1) is 15.6 Å². The molecule has 0 aliphatic heterocycles. The summed E-state index contributed by atoms with van der Waals surface area (Å²) in [5.41, 5.74) is 0.147. The number of ketones is 1. The Balaban J connectivity index is 2.34. The van der Waals surface area contributed by atoms with Gasteiger partial charge in [-0.2, -0.15) is 0 Å². The van der Waals surface area contributed by atoms with Crippen LogP contribution in [0.3, 0.4) is 0 Å². The molecule has 0 N–H and O–H groups in total. The SMILES string of the molecule is CC(=O)c1ccc(Oc2c(Br)cccc2[N+](=O)[O-])cn1. The number of Topliss-reactive ketones (excluding diaryl/α,β-unsaturated/α-hetero) is 1. The second-order valence-electron chi connectivity index (χ2n) is 3.88. The molecule has 2 aromatic rings. The van der Waals surface area contributed by atoms with E-state index in [-0.39, 0.29) is 17.2 Å². The standard InChI is InChI=1S/C13H9BrN2O4/c1-8(17)11-6-5-9(7-15-11)20-13-10(14)3-2-4-12(13)16(18)19/h2-7H,1H3. The number of carbonyl (C=O) groups excluding carboxylic acids is 1. The Morgan fingerprint density at radius 2 is 2.10 bits per heavy atom. The van der Waals surface area contributed by atoms with Gasteiger partial charge in [-0.3, -0.25) is 14.9 Å². The Bertz CT molecular complexity index is 671. The molecule has 0 aliphatic rings. The maximum atomic E-state index is 11.1. The van der Waals surface area contributed by atoms with Gasteiger partial charge in [-0.1, -0.05) is 6.07 Å². The summed E-state index contributed by atoms with van der Waals surface area (Å²) in [6.07, 6.45) is 1.35. The highest BCUT2D eigenvalue weighted by atomic mass is 79.9. The molecule has 2 rings (SSSR count). The van der Waals surface area contributed by atoms with Gasteiger partial charge in [0.1, 0.15) is 11.4 Å². The van der Waals surface area contributed by atoms with Crippen LogP contribution in [0.4, 0.5) is 5.69 Å². The lowest BCUT2D eigenvalue weighted by molar-refractivity contribution is -0.385. The zero-order chi connectivity index (χ0) is 14.7. The lowest BCUT2D eigenvalue weighted by Crippen LogP contribution is -1.97. The van der Waals surface area contributed by atoms with Crippen molar-refractivity contribution in [1.29, 1.82) is 0 Å². The lowest BCUT2D eigenvalue weighted by Gasteiger charge is -2.08. The van der Waals surface area contributed by atoms with Crippen molar-refractivity contribution in [3.8, 4) is 11.5 Å². The molecular formula is C13H9BrN2O4. The van der Waals surface area contributed by atoms with Gasteiger partial charge in [0.15, 0.2) is 5.78 Å². The van der Waals surface area contributed by atoms with Crippen LogP contribution in [0.15, 0.2) is 41.0 Å². The third-order valence-corrected chi connectivity index (χ3v) is 3.08. The van der Waals surface area contributed by atoms with Crippen LogP contribution in [-0.4, -0.2) is 15.7 Å². The number of pyridine rings is 1. The molecule has 0 radical (unpaired) electrons. The fourth-order valence-corrected chi connectivity index (χ4v) is 1.95. The van der Waals surface area contributed by atoms with E-state index in [0.717, 1.165) is 0 Å². The molecule has 102 valence electrons. The molecule has 1 aromatic carbocycles. The Morgan fingerprint density at radius 1 is 1.35 bits per heavy atom. The minimum Gasteiger partial charge on any atom is -0.447 e. The minimum absolute atomic E-state index is 0.0925. The minimum atomic E-state index is -0.530. The Labute approximate surface area is 122 Å². The van der Waals surface area contributed by atoms with E-state index in [1.165, 1.54) is 31.3 Å². The monoisotopic (exact) mass is 336 g/mol. The molecule has 0 spiro atoms. The van der Waals surface area contributed by atoms with Gasteiger partial charge in [-0.15, -0.1) is 0 Å². The Morgan fingerprint density at radius 3 is 2.65 bits per heavy atom. The topological polar surface area (TPSA) is 82.3 Å². The van der Waals surface area contributed by atoms with Crippen LogP contribution < -0.4 is 4.74 Å². The van der Waals surface area contributed by atoms with Gasteiger partial charge in [0, 0.05) is 13.0 Å². The number of nitro benzene ring substituents is 1. The van der Waals surface area contributed by atoms with Crippen LogP contribution in [-0.2, 0) is 0 Å². The largest absolute Gasteiger partial charge is 0.447 e. The van der Waals surface area contributed by atoms with Crippen molar-refractivity contribution < 1.29 is 14.5 Å². The summed E-state index contributed by atoms with van der Waals surface area (Å²) in [4.78, 5) is 25.5. The number of nitrogens with zero attached hydrogens (tertiary/aromatic N) is 2. The van der Waals surface area contributed by atoms with Gasteiger partial charge >= 0.3 is 5.69 Å². The summed E-state index contributed by atoms with van der Waals surface area (Å²) in [7, 11) is 0. The van der Waals surface area contributed by atoms with E-state index < -0.39 is 4.92 Å². The van der Waals surface area contributed by atoms with E-state index in [1.807, 2.05) is 0 Å². The molecule has 0 aliphatic carbocycles. The van der Waals surface area contributed by atoms with E-state index in [4.69, 9.17) is 4.74 Å². The normalized spacial score (nSPS) is 10.1. The highest BCUT2D eigenvalue weighted by molar-refractivity contribution is 9.10. The highest BCUT2D eigenvalue weighted by Crippen LogP contribution is 2.37. The van der Waals surface area contributed by atoms with Gasteiger partial charge in [0.25, 0.3) is 0 Å². The second-order valence-corrected chi connectivity index (χ2v) is 4.74. The van der Waals surface area contributed by atoms with Crippen molar-refractivity contribution in [3.63, 3.8) is 0 Å². The molecule has 20 heavy (non-hydrogen) atoms. The van der Waals surface area contributed by atoms with E-state index in [0.29, 0.717) is 15.9 Å². The van der Waals surface area contributed by atoms with E-state index in [1.54, 1.807) is 12.1 Å². The molecular weight excluding hydrogens is 328 g/mol. The van der Waals surface area contributed by atoms with Crippen LogP contribution in [0.1, 0.15) is 17.4 Å². The number of halogens is 1. The number of carbonyl (C=O) groups is 1. The van der Waals surface area contributed by atoms with E-state index >= 15 is 0 Å². The van der Waals surface area contributed by atoms with Crippen molar-refractivity contribution in [2.75, 3.05) is 0 Å². The van der Waals surface area contributed by atoms with Crippen molar-refractivity contribution in [2.45, 2.75) is 6.92 Å². The molecule has 0 saturated carbocycles. The molecule has 0 bridgehead atoms. The average molecular weight is 337 g/mol. The molecule has 0 atom stereocenters. The van der Waals surface area contributed by atoms with Gasteiger partial charge in [0.2, 0.25) is 5.75 Å². The van der Waals surface area contributed by atoms with E-state index in [2.05, 4.69) is 20.9 Å². The molecule has 0 fully saturated rings. The van der Waals surface area contributed by atoms with E-state index in [9.17, 15) is 14.9 Å². The number of hydrogen-bond donors (Lipinski definition) is 0. The zero-order valence-corrected chi connectivity index (χ0v) is 12.0. The van der Waals surface area contributed by atoms with Gasteiger partial charge in [-0.25, -0.2) is 4.98 Å². The third-order valence-electron chi connectivity index (χ3n) is 2.46. The highest BCUT2D eigenvalue weighted by Gasteiger charge is 2.18. The number of rotatable bonds is 4. The first-order valence-corrected chi connectivity index (χ1v) is 6.36. The fraction of sp³-hybridized carbons (Fsp3) is 0.0769. The summed E-state index contributed by atoms with van der Waals surface area (Å²) in [5.74, 6) is 0.239. The summed E-state index contributed by atoms with van der Waals surface area (Å²) < 4.78 is 5.93. The van der Waals surface area contributed by atoms with Crippen LogP contribution in [0.5, 0.6) is 11.5 Å². The lowest BCUT2D eigenvalue weighted by atomic mass is 10.2. The van der Waals surface area contributed by atoms with Crippen molar-refractivity contribution in [1.82, 2.24) is 4.98 Å². The Hall–Kier alpha value is -2.28. The number of benzene rings is 1. The van der Waals surface area contributed by atoms with Crippen molar-refractivity contribution >= 4 is 27.4 Å². The first-order valence-electron chi connectivity index (χ1n) is 5.57. The van der Waals surface area contributed by atoms with Crippen LogP contribution >= 0.6 is 15.9 Å². The molecule has 7 heteroatoms. The number of nitro groups is 1. The van der Waals surface area contributed by atoms with Gasteiger partial charge < -0.3 is 4.74 Å². The zero-order valence-electron chi connectivity index (χ0n) is 10.4. The predicted molar refractivity (Wildman–Crippen MR) is 75.1 cm³/mol. The molecule has 0 amide bonds. The molecule has 0 unspecified atom stereocenters. The summed E-state index contributed by atoms with van der Waals surface area (Å²) in [5, 5.41) is 11.0. The summed E-state index contributed by atoms with van der Waals surface area (Å²) in [6.45, 7) is 1.40. The second kappa shape index (κ2) is 5.79. The average Bonchev–Trinajstić information content (AvgIpc) is 2.41. The first-order chi connectivity index (χ1) is 9.49. The third kappa shape index (κ3) is 3.00. The van der Waals surface area contributed by atoms with Crippen molar-refractivity contribution in [2.24, 2.45) is 0 Å². The first kappa shape index (κ1) is 14.1. The van der Waals surface area contributed by atoms with Crippen LogP contribution in [0.25, 0.3) is 0 Å². The molecule has 6 nitrogen and oxygen atoms in total. The fourth-order valence-electron chi connectivity index (χ4n) is 1.51. The molecule has 1 heterocycles. The van der Waals surface area contributed by atoms with Crippen molar-refractivity contribution in [3.05, 3.63) is 56.8 Å². The van der Waals surface area contributed by atoms with Crippen LogP contribution in [0.2, 0.25) is 0 Å². The maximum absolute atomic E-state index is 11.1. The number of ether oxygens (including phenoxy) is 1. The van der Waals surface area contributed by atoms with Gasteiger partial charge in [-0.05, 0) is 34.1 Å². The number of hydrogen-bond acceptors (Lipinski definition) is 5. The summed E-state index contributed by atoms with van der Waals surface area (Å²) >= 11 is 3.21. The van der Waals surface area contributed by atoms with Crippen LogP contribution in [0, 0.1) is 10.1 Å². The molecule has 1 aromatic heterocycles. The number of para-hydroxylation sites is 1. The Kier molecular flexibility index (Phi) is 4.09. The smallest absolute Gasteiger partial charge is 0.312 e.